The fraction of sp³-hybridized carbons (Fsp3) is 0.158. The molecule has 0 aliphatic rings. The van der Waals surface area contributed by atoms with Gasteiger partial charge in [-0.05, 0) is 29.8 Å². The maximum absolute atomic E-state index is 13.3. The highest BCUT2D eigenvalue weighted by molar-refractivity contribution is 6.33. The van der Waals surface area contributed by atoms with E-state index < -0.39 is 5.82 Å². The average molecular weight is 392 g/mol. The molecule has 0 N–H and O–H groups in total. The largest absolute Gasteiger partial charge is 0.337 e. The molecule has 26 heavy (non-hydrogen) atoms. The molecule has 1 aromatic heterocycles. The van der Waals surface area contributed by atoms with Crippen LogP contribution in [0.1, 0.15) is 21.7 Å². The van der Waals surface area contributed by atoms with Crippen molar-refractivity contribution in [2.75, 3.05) is 0 Å². The molecule has 0 atom stereocenters. The van der Waals surface area contributed by atoms with Gasteiger partial charge < -0.3 is 9.47 Å². The molecule has 0 radical (unpaired) electrons. The number of hydrogen-bond acceptors (Lipinski definition) is 2. The van der Waals surface area contributed by atoms with Gasteiger partial charge in [0.15, 0.2) is 0 Å². The third-order valence-corrected chi connectivity index (χ3v) is 4.70. The Morgan fingerprint density at radius 1 is 1.15 bits per heavy atom. The van der Waals surface area contributed by atoms with Gasteiger partial charge in [0.1, 0.15) is 11.6 Å². The van der Waals surface area contributed by atoms with E-state index in [1.807, 2.05) is 11.6 Å². The highest BCUT2D eigenvalue weighted by atomic mass is 35.5. The molecular formula is C19H16Cl2FN3O. The summed E-state index contributed by atoms with van der Waals surface area (Å²) in [7, 11) is 1.85. The number of imidazole rings is 1. The van der Waals surface area contributed by atoms with Gasteiger partial charge >= 0.3 is 0 Å². The second-order valence-corrected chi connectivity index (χ2v) is 6.65. The molecule has 7 heteroatoms. The number of carbonyl (C=O) groups is 1. The van der Waals surface area contributed by atoms with Crippen LogP contribution in [0.25, 0.3) is 0 Å². The lowest BCUT2D eigenvalue weighted by atomic mass is 10.1. The van der Waals surface area contributed by atoms with Crippen molar-refractivity contribution in [2.45, 2.75) is 13.1 Å². The van der Waals surface area contributed by atoms with Crippen molar-refractivity contribution in [1.29, 1.82) is 0 Å². The lowest BCUT2D eigenvalue weighted by Crippen LogP contribution is -2.31. The van der Waals surface area contributed by atoms with Crippen LogP contribution in [0.3, 0.4) is 0 Å². The van der Waals surface area contributed by atoms with E-state index in [4.69, 9.17) is 23.2 Å². The first-order chi connectivity index (χ1) is 12.5. The summed E-state index contributed by atoms with van der Waals surface area (Å²) in [5.74, 6) is 0.0365. The summed E-state index contributed by atoms with van der Waals surface area (Å²) in [6.45, 7) is 0.470. The van der Waals surface area contributed by atoms with E-state index in [9.17, 15) is 9.18 Å². The van der Waals surface area contributed by atoms with Crippen LogP contribution >= 0.6 is 23.2 Å². The summed E-state index contributed by atoms with van der Waals surface area (Å²) >= 11 is 12.3. The van der Waals surface area contributed by atoms with E-state index in [0.29, 0.717) is 22.0 Å². The quantitative estimate of drug-likeness (QED) is 0.631. The summed E-state index contributed by atoms with van der Waals surface area (Å²) < 4.78 is 15.2. The van der Waals surface area contributed by atoms with Crippen molar-refractivity contribution in [3.05, 3.63) is 87.7 Å². The van der Waals surface area contributed by atoms with Gasteiger partial charge in [-0.1, -0.05) is 41.4 Å². The third kappa shape index (κ3) is 4.06. The van der Waals surface area contributed by atoms with E-state index in [1.165, 1.54) is 12.1 Å². The Labute approximate surface area is 160 Å². The first-order valence-electron chi connectivity index (χ1n) is 7.89. The molecule has 4 nitrogen and oxygen atoms in total. The van der Waals surface area contributed by atoms with Crippen LogP contribution in [0, 0.1) is 5.82 Å². The van der Waals surface area contributed by atoms with E-state index in [0.717, 1.165) is 0 Å². The molecule has 0 unspecified atom stereocenters. The van der Waals surface area contributed by atoms with E-state index in [1.54, 1.807) is 47.6 Å². The average Bonchev–Trinajstić information content (AvgIpc) is 3.01. The first-order valence-corrected chi connectivity index (χ1v) is 8.65. The number of hydrogen-bond donors (Lipinski definition) is 0. The van der Waals surface area contributed by atoms with Gasteiger partial charge in [-0.15, -0.1) is 0 Å². The number of carbonyl (C=O) groups excluding carboxylic acids is 1. The Kier molecular flexibility index (Phi) is 5.59. The Bertz CT molecular complexity index is 942. The Hall–Kier alpha value is -2.37. The van der Waals surface area contributed by atoms with Gasteiger partial charge in [0, 0.05) is 31.0 Å². The zero-order valence-corrected chi connectivity index (χ0v) is 15.5. The van der Waals surface area contributed by atoms with E-state index in [2.05, 4.69) is 4.98 Å². The highest BCUT2D eigenvalue weighted by Gasteiger charge is 2.21. The number of halogens is 3. The molecule has 0 aliphatic carbocycles. The van der Waals surface area contributed by atoms with Crippen LogP contribution in [-0.4, -0.2) is 20.4 Å². The number of aryl methyl sites for hydroxylation is 1. The molecule has 0 saturated carbocycles. The molecule has 134 valence electrons. The second kappa shape index (κ2) is 7.89. The number of benzene rings is 2. The molecule has 0 bridgehead atoms. The number of amides is 1. The molecule has 3 aromatic rings. The first kappa shape index (κ1) is 18.4. The van der Waals surface area contributed by atoms with Crippen LogP contribution in [0.15, 0.2) is 54.9 Å². The molecule has 0 fully saturated rings. The summed E-state index contributed by atoms with van der Waals surface area (Å²) in [5.41, 5.74) is 1.03. The third-order valence-electron chi connectivity index (χ3n) is 4.02. The SMILES string of the molecule is Cn1ccnc1CN(Cc1ccc(F)cc1Cl)C(=O)c1ccccc1Cl. The maximum Gasteiger partial charge on any atom is 0.256 e. The molecule has 3 rings (SSSR count). The van der Waals surface area contributed by atoms with Gasteiger partial charge in [-0.3, -0.25) is 4.79 Å². The minimum Gasteiger partial charge on any atom is -0.337 e. The smallest absolute Gasteiger partial charge is 0.256 e. The number of aromatic nitrogens is 2. The van der Waals surface area contributed by atoms with Crippen LogP contribution in [-0.2, 0) is 20.1 Å². The maximum atomic E-state index is 13.3. The van der Waals surface area contributed by atoms with E-state index >= 15 is 0 Å². The van der Waals surface area contributed by atoms with Crippen LogP contribution in [0.5, 0.6) is 0 Å². The lowest BCUT2D eigenvalue weighted by molar-refractivity contribution is 0.0724. The van der Waals surface area contributed by atoms with Crippen molar-refractivity contribution in [3.8, 4) is 0 Å². The van der Waals surface area contributed by atoms with Crippen molar-refractivity contribution in [1.82, 2.24) is 14.5 Å². The van der Waals surface area contributed by atoms with Crippen LogP contribution < -0.4 is 0 Å². The van der Waals surface area contributed by atoms with Gasteiger partial charge in [0.05, 0.1) is 17.1 Å². The monoisotopic (exact) mass is 391 g/mol. The minimum atomic E-state index is -0.424. The summed E-state index contributed by atoms with van der Waals surface area (Å²) in [6, 6.07) is 11.0. The lowest BCUT2D eigenvalue weighted by Gasteiger charge is -2.23. The summed E-state index contributed by atoms with van der Waals surface area (Å²) in [6.07, 6.45) is 3.47. The molecular weight excluding hydrogens is 376 g/mol. The molecule has 2 aromatic carbocycles. The molecule has 0 spiro atoms. The van der Waals surface area contributed by atoms with Crippen molar-refractivity contribution >= 4 is 29.1 Å². The summed E-state index contributed by atoms with van der Waals surface area (Å²) in [4.78, 5) is 18.9. The number of rotatable bonds is 5. The Balaban J connectivity index is 1.94. The normalized spacial score (nSPS) is 10.8. The predicted molar refractivity (Wildman–Crippen MR) is 99.6 cm³/mol. The topological polar surface area (TPSA) is 38.1 Å². The molecule has 1 heterocycles. The van der Waals surface area contributed by atoms with Gasteiger partial charge in [0.2, 0.25) is 0 Å². The van der Waals surface area contributed by atoms with Gasteiger partial charge in [-0.2, -0.15) is 0 Å². The zero-order chi connectivity index (χ0) is 18.7. The minimum absolute atomic E-state index is 0.204. The molecule has 0 saturated heterocycles. The number of nitrogens with zero attached hydrogens (tertiary/aromatic N) is 3. The summed E-state index contributed by atoms with van der Waals surface area (Å²) in [5, 5.41) is 0.634. The fourth-order valence-electron chi connectivity index (χ4n) is 2.58. The van der Waals surface area contributed by atoms with E-state index in [-0.39, 0.29) is 24.0 Å². The molecule has 0 aliphatic heterocycles. The second-order valence-electron chi connectivity index (χ2n) is 5.83. The van der Waals surface area contributed by atoms with Crippen molar-refractivity contribution in [2.24, 2.45) is 7.05 Å². The highest BCUT2D eigenvalue weighted by Crippen LogP contribution is 2.23. The fourth-order valence-corrected chi connectivity index (χ4v) is 3.02. The zero-order valence-electron chi connectivity index (χ0n) is 14.0. The molecule has 1 amide bonds. The van der Waals surface area contributed by atoms with Crippen molar-refractivity contribution in [3.63, 3.8) is 0 Å². The van der Waals surface area contributed by atoms with Crippen LogP contribution in [0.4, 0.5) is 4.39 Å². The predicted octanol–water partition coefficient (Wildman–Crippen LogP) is 4.71. The van der Waals surface area contributed by atoms with Crippen molar-refractivity contribution < 1.29 is 9.18 Å². The van der Waals surface area contributed by atoms with Crippen LogP contribution in [0.2, 0.25) is 10.0 Å². The Morgan fingerprint density at radius 2 is 1.92 bits per heavy atom. The van der Waals surface area contributed by atoms with Gasteiger partial charge in [-0.25, -0.2) is 9.37 Å². The standard InChI is InChI=1S/C19H16Cl2FN3O/c1-24-9-8-23-18(24)12-25(11-13-6-7-14(22)10-17(13)21)19(26)15-4-2-3-5-16(15)20/h2-10H,11-12H2,1H3. The Morgan fingerprint density at radius 3 is 2.58 bits per heavy atom. The van der Waals surface area contributed by atoms with Gasteiger partial charge in [0.25, 0.3) is 5.91 Å².